The molecule has 8 nitrogen and oxygen atoms in total. The number of anilines is 1. The first kappa shape index (κ1) is 28.7. The largest absolute Gasteiger partial charge is 0.416 e. The molecule has 1 fully saturated rings. The number of halogens is 5. The molecule has 0 bridgehead atoms. The Hall–Kier alpha value is -2.86. The van der Waals surface area contributed by atoms with Crippen molar-refractivity contribution in [2.24, 2.45) is 11.1 Å². The first-order valence-electron chi connectivity index (χ1n) is 11.2. The average molecular weight is 561 g/mol. The number of hydrogen-bond donors (Lipinski definition) is 2. The summed E-state index contributed by atoms with van der Waals surface area (Å²) in [6.45, 7) is 0.0856. The van der Waals surface area contributed by atoms with Gasteiger partial charge in [0.15, 0.2) is 0 Å². The van der Waals surface area contributed by atoms with Crippen molar-refractivity contribution in [1.82, 2.24) is 10.2 Å². The van der Waals surface area contributed by atoms with E-state index in [0.29, 0.717) is 22.0 Å². The van der Waals surface area contributed by atoms with Crippen LogP contribution in [0.4, 0.5) is 18.9 Å². The summed E-state index contributed by atoms with van der Waals surface area (Å²) in [5, 5.41) is 4.21. The molecule has 37 heavy (non-hydrogen) atoms. The summed E-state index contributed by atoms with van der Waals surface area (Å²) in [4.78, 5) is 44.3. The van der Waals surface area contributed by atoms with Crippen LogP contribution in [0, 0.1) is 5.41 Å². The number of alkyl halides is 3. The molecule has 3 rings (SSSR count). The average Bonchev–Trinajstić information content (AvgIpc) is 2.89. The van der Waals surface area contributed by atoms with E-state index in [0.717, 1.165) is 29.3 Å². The summed E-state index contributed by atoms with van der Waals surface area (Å²) >= 11 is 12.3. The highest BCUT2D eigenvalue weighted by molar-refractivity contribution is 6.42. The summed E-state index contributed by atoms with van der Waals surface area (Å²) in [6, 6.07) is 8.84. The molecule has 0 aromatic heterocycles. The normalized spacial score (nSPS) is 15.2. The molecule has 13 heteroatoms. The Kier molecular flexibility index (Phi) is 9.41. The van der Waals surface area contributed by atoms with Crippen molar-refractivity contribution < 1.29 is 32.4 Å². The van der Waals surface area contributed by atoms with Crippen LogP contribution in [0.25, 0.3) is 0 Å². The van der Waals surface area contributed by atoms with Crippen molar-refractivity contribution in [3.63, 3.8) is 0 Å². The zero-order chi connectivity index (χ0) is 27.2. The summed E-state index contributed by atoms with van der Waals surface area (Å²) in [5.41, 5.74) is 4.07. The number of hydrogen-bond acceptors (Lipinski definition) is 5. The molecule has 3 N–H and O–H groups in total. The Balaban J connectivity index is 1.76. The van der Waals surface area contributed by atoms with Gasteiger partial charge in [0.2, 0.25) is 18.2 Å². The number of nitrogens with zero attached hydrogens (tertiary/aromatic N) is 2. The van der Waals surface area contributed by atoms with E-state index in [4.69, 9.17) is 33.8 Å². The van der Waals surface area contributed by atoms with Crippen LogP contribution in [0.2, 0.25) is 10.0 Å². The summed E-state index contributed by atoms with van der Waals surface area (Å²) in [5.74, 6) is -0.665. The van der Waals surface area contributed by atoms with Crippen molar-refractivity contribution in [3.8, 4) is 0 Å². The maximum Gasteiger partial charge on any atom is 0.416 e. The number of nitrogens with two attached hydrogens (primary N) is 1. The highest BCUT2D eigenvalue weighted by Gasteiger charge is 2.43. The van der Waals surface area contributed by atoms with Gasteiger partial charge in [-0.15, -0.1) is 0 Å². The number of benzene rings is 2. The standard InChI is InChI=1S/C24H25Cl2F3N4O4/c25-19-3-1-2-16(21(19)26)13-31-22(36)23(8-10-32(11-9-23)20(35)12-30)14-37-33(15-34)18-6-4-17(5-7-18)24(27,28)29/h1-7,15H,8-14,30H2,(H,31,36). The molecule has 3 amide bonds. The fourth-order valence-corrected chi connectivity index (χ4v) is 4.34. The van der Waals surface area contributed by atoms with E-state index in [9.17, 15) is 27.6 Å². The van der Waals surface area contributed by atoms with E-state index < -0.39 is 23.1 Å². The minimum absolute atomic E-state index is 0.0556. The number of amides is 3. The molecule has 1 heterocycles. The molecule has 2 aromatic rings. The smallest absolute Gasteiger partial charge is 0.351 e. The lowest BCUT2D eigenvalue weighted by atomic mass is 9.78. The van der Waals surface area contributed by atoms with Gasteiger partial charge in [-0.3, -0.25) is 19.2 Å². The van der Waals surface area contributed by atoms with Gasteiger partial charge in [-0.25, -0.2) is 0 Å². The van der Waals surface area contributed by atoms with E-state index >= 15 is 0 Å². The third-order valence-corrected chi connectivity index (χ3v) is 7.08. The predicted octanol–water partition coefficient (Wildman–Crippen LogP) is 3.79. The van der Waals surface area contributed by atoms with Gasteiger partial charge in [0.05, 0.1) is 39.9 Å². The van der Waals surface area contributed by atoms with Crippen LogP contribution in [-0.2, 0) is 31.9 Å². The Labute approximate surface area is 221 Å². The highest BCUT2D eigenvalue weighted by atomic mass is 35.5. The highest BCUT2D eigenvalue weighted by Crippen LogP contribution is 2.35. The van der Waals surface area contributed by atoms with Gasteiger partial charge < -0.3 is 16.0 Å². The number of carbonyl (C=O) groups excluding carboxylic acids is 3. The number of hydroxylamine groups is 1. The van der Waals surface area contributed by atoms with Crippen LogP contribution in [-0.4, -0.2) is 49.4 Å². The zero-order valence-electron chi connectivity index (χ0n) is 19.6. The topological polar surface area (TPSA) is 105 Å². The number of nitrogens with one attached hydrogen (secondary N) is 1. The molecular weight excluding hydrogens is 536 g/mol. The summed E-state index contributed by atoms with van der Waals surface area (Å²) < 4.78 is 38.6. The SMILES string of the molecule is NCC(=O)N1CCC(CON(C=O)c2ccc(C(F)(F)F)cc2)(C(=O)NCc2cccc(Cl)c2Cl)CC1. The Bertz CT molecular complexity index is 1120. The van der Waals surface area contributed by atoms with Gasteiger partial charge in [0.25, 0.3) is 0 Å². The minimum atomic E-state index is -4.53. The zero-order valence-corrected chi connectivity index (χ0v) is 21.1. The van der Waals surface area contributed by atoms with Gasteiger partial charge in [0, 0.05) is 19.6 Å². The van der Waals surface area contributed by atoms with Crippen molar-refractivity contribution >= 4 is 47.1 Å². The van der Waals surface area contributed by atoms with Gasteiger partial charge >= 0.3 is 6.18 Å². The first-order valence-corrected chi connectivity index (χ1v) is 12.0. The lowest BCUT2D eigenvalue weighted by Gasteiger charge is -2.40. The van der Waals surface area contributed by atoms with Crippen LogP contribution in [0.15, 0.2) is 42.5 Å². The second-order valence-corrected chi connectivity index (χ2v) is 9.30. The maximum atomic E-state index is 13.4. The lowest BCUT2D eigenvalue weighted by molar-refractivity contribution is -0.145. The molecule has 1 saturated heterocycles. The van der Waals surface area contributed by atoms with Crippen LogP contribution in [0.3, 0.4) is 0 Å². The summed E-state index contributed by atoms with van der Waals surface area (Å²) in [6.07, 6.45) is -3.83. The molecule has 0 atom stereocenters. The van der Waals surface area contributed by atoms with Crippen molar-refractivity contribution in [3.05, 3.63) is 63.6 Å². The van der Waals surface area contributed by atoms with Crippen LogP contribution in [0.1, 0.15) is 24.0 Å². The molecule has 0 unspecified atom stereocenters. The molecular formula is C24H25Cl2F3N4O4. The Morgan fingerprint density at radius 3 is 2.35 bits per heavy atom. The van der Waals surface area contributed by atoms with Gasteiger partial charge in [-0.05, 0) is 48.7 Å². The molecule has 1 aliphatic heterocycles. The van der Waals surface area contributed by atoms with Crippen molar-refractivity contribution in [1.29, 1.82) is 0 Å². The third-order valence-electron chi connectivity index (χ3n) is 6.23. The third kappa shape index (κ3) is 6.92. The second-order valence-electron chi connectivity index (χ2n) is 8.51. The van der Waals surface area contributed by atoms with Gasteiger partial charge in [0.1, 0.15) is 0 Å². The summed E-state index contributed by atoms with van der Waals surface area (Å²) in [7, 11) is 0. The van der Waals surface area contributed by atoms with E-state index in [-0.39, 0.29) is 57.2 Å². The fourth-order valence-electron chi connectivity index (χ4n) is 3.95. The Morgan fingerprint density at radius 2 is 1.78 bits per heavy atom. The number of piperidine rings is 1. The van der Waals surface area contributed by atoms with Crippen molar-refractivity contribution in [2.75, 3.05) is 31.3 Å². The Morgan fingerprint density at radius 1 is 1.14 bits per heavy atom. The molecule has 0 saturated carbocycles. The van der Waals surface area contributed by atoms with E-state index in [1.807, 2.05) is 0 Å². The second kappa shape index (κ2) is 12.1. The van der Waals surface area contributed by atoms with Crippen LogP contribution < -0.4 is 16.1 Å². The monoisotopic (exact) mass is 560 g/mol. The first-order chi connectivity index (χ1) is 17.5. The number of likely N-dealkylation sites (tertiary alicyclic amines) is 1. The molecule has 2 aromatic carbocycles. The number of carbonyl (C=O) groups is 3. The van der Waals surface area contributed by atoms with Crippen LogP contribution in [0.5, 0.6) is 0 Å². The molecule has 1 aliphatic rings. The van der Waals surface area contributed by atoms with Gasteiger partial charge in [-0.1, -0.05) is 35.3 Å². The fraction of sp³-hybridized carbons (Fsp3) is 0.375. The van der Waals surface area contributed by atoms with E-state index in [1.165, 1.54) is 4.90 Å². The van der Waals surface area contributed by atoms with E-state index in [2.05, 4.69) is 5.32 Å². The van der Waals surface area contributed by atoms with Crippen molar-refractivity contribution in [2.45, 2.75) is 25.6 Å². The number of rotatable bonds is 9. The predicted molar refractivity (Wildman–Crippen MR) is 132 cm³/mol. The molecule has 0 radical (unpaired) electrons. The minimum Gasteiger partial charge on any atom is -0.351 e. The quantitative estimate of drug-likeness (QED) is 0.358. The molecule has 0 aliphatic carbocycles. The van der Waals surface area contributed by atoms with Crippen LogP contribution >= 0.6 is 23.2 Å². The maximum absolute atomic E-state index is 13.4. The van der Waals surface area contributed by atoms with Gasteiger partial charge in [-0.2, -0.15) is 18.2 Å². The lowest BCUT2D eigenvalue weighted by Crippen LogP contribution is -2.53. The molecule has 200 valence electrons. The molecule has 0 spiro atoms. The van der Waals surface area contributed by atoms with E-state index in [1.54, 1.807) is 18.2 Å².